The standard InChI is InChI=1S/C26H28FN5O4S/c1-26(2,3)36-25(35)30-11-5-10-29-23(34)16-7-9-20-21(13-16)37-24-31-19(14-32(20)24)17-8-6-15(12-18(17)27)22(33)28-4/h6-9,12-14H,5,10-11H2,1-4H3,(H,28,33)(H,29,34)(H,30,35). The van der Waals surface area contributed by atoms with Crippen LogP contribution < -0.4 is 16.0 Å². The van der Waals surface area contributed by atoms with E-state index in [2.05, 4.69) is 20.9 Å². The van der Waals surface area contributed by atoms with E-state index in [4.69, 9.17) is 4.74 Å². The summed E-state index contributed by atoms with van der Waals surface area (Å²) >= 11 is 1.39. The summed E-state index contributed by atoms with van der Waals surface area (Å²) in [6.45, 7) is 6.16. The van der Waals surface area contributed by atoms with Crippen LogP contribution in [-0.2, 0) is 4.74 Å². The molecule has 3 amide bonds. The van der Waals surface area contributed by atoms with Crippen LogP contribution in [0.15, 0.2) is 42.6 Å². The number of aromatic nitrogens is 2. The molecular weight excluding hydrogens is 497 g/mol. The number of amides is 3. The molecule has 194 valence electrons. The minimum Gasteiger partial charge on any atom is -0.444 e. The molecule has 0 saturated heterocycles. The van der Waals surface area contributed by atoms with Crippen LogP contribution in [0.4, 0.5) is 9.18 Å². The molecule has 0 aliphatic heterocycles. The van der Waals surface area contributed by atoms with E-state index in [1.807, 2.05) is 10.5 Å². The Bertz CT molecular complexity index is 1490. The van der Waals surface area contributed by atoms with Gasteiger partial charge in [0.05, 0.1) is 15.9 Å². The van der Waals surface area contributed by atoms with E-state index < -0.39 is 17.5 Å². The molecule has 0 unspecified atom stereocenters. The number of carbonyl (C=O) groups excluding carboxylic acids is 3. The third-order valence-corrected chi connectivity index (χ3v) is 6.42. The number of ether oxygens (including phenoxy) is 1. The molecule has 37 heavy (non-hydrogen) atoms. The van der Waals surface area contributed by atoms with Crippen LogP contribution in [-0.4, -0.2) is 53.0 Å². The van der Waals surface area contributed by atoms with E-state index in [9.17, 15) is 18.8 Å². The van der Waals surface area contributed by atoms with Crippen LogP contribution in [0.3, 0.4) is 0 Å². The van der Waals surface area contributed by atoms with E-state index in [0.29, 0.717) is 41.3 Å². The van der Waals surface area contributed by atoms with Gasteiger partial charge in [-0.25, -0.2) is 14.2 Å². The fraction of sp³-hybridized carbons (Fsp3) is 0.308. The van der Waals surface area contributed by atoms with Gasteiger partial charge in [-0.1, -0.05) is 11.3 Å². The van der Waals surface area contributed by atoms with Gasteiger partial charge < -0.3 is 20.7 Å². The first-order valence-electron chi connectivity index (χ1n) is 11.7. The fourth-order valence-electron chi connectivity index (χ4n) is 3.68. The summed E-state index contributed by atoms with van der Waals surface area (Å²) in [6, 6.07) is 9.64. The number of carbonyl (C=O) groups is 3. The molecular formula is C26H28FN5O4S. The van der Waals surface area contributed by atoms with Gasteiger partial charge in [0.2, 0.25) is 0 Å². The smallest absolute Gasteiger partial charge is 0.407 e. The Hall–Kier alpha value is -3.99. The lowest BCUT2D eigenvalue weighted by Gasteiger charge is -2.19. The summed E-state index contributed by atoms with van der Waals surface area (Å²) in [5.74, 6) is -1.11. The number of nitrogens with zero attached hydrogens (tertiary/aromatic N) is 2. The molecule has 0 radical (unpaired) electrons. The molecule has 11 heteroatoms. The van der Waals surface area contributed by atoms with Crippen molar-refractivity contribution in [3.8, 4) is 11.3 Å². The zero-order valence-electron chi connectivity index (χ0n) is 21.0. The Morgan fingerprint density at radius 3 is 2.43 bits per heavy atom. The maximum absolute atomic E-state index is 14.7. The van der Waals surface area contributed by atoms with Gasteiger partial charge >= 0.3 is 6.09 Å². The zero-order valence-corrected chi connectivity index (χ0v) is 21.8. The number of rotatable bonds is 7. The lowest BCUT2D eigenvalue weighted by atomic mass is 10.1. The second-order valence-electron chi connectivity index (χ2n) is 9.38. The van der Waals surface area contributed by atoms with Crippen LogP contribution in [0.25, 0.3) is 26.4 Å². The number of hydrogen-bond donors (Lipinski definition) is 3. The summed E-state index contributed by atoms with van der Waals surface area (Å²) in [5.41, 5.74) is 1.79. The lowest BCUT2D eigenvalue weighted by Crippen LogP contribution is -2.34. The van der Waals surface area contributed by atoms with Crippen molar-refractivity contribution in [1.29, 1.82) is 0 Å². The van der Waals surface area contributed by atoms with Gasteiger partial charge in [0, 0.05) is 43.0 Å². The average Bonchev–Trinajstić information content (AvgIpc) is 3.39. The third kappa shape index (κ3) is 6.05. The second-order valence-corrected chi connectivity index (χ2v) is 10.4. The van der Waals surface area contributed by atoms with Gasteiger partial charge in [-0.15, -0.1) is 0 Å². The van der Waals surface area contributed by atoms with E-state index >= 15 is 0 Å². The molecule has 0 aliphatic rings. The Balaban J connectivity index is 1.40. The number of halogens is 1. The summed E-state index contributed by atoms with van der Waals surface area (Å²) in [7, 11) is 1.49. The van der Waals surface area contributed by atoms with Gasteiger partial charge in [-0.05, 0) is 63.6 Å². The molecule has 4 rings (SSSR count). The first-order chi connectivity index (χ1) is 17.6. The maximum atomic E-state index is 14.7. The highest BCUT2D eigenvalue weighted by Gasteiger charge is 2.17. The predicted octanol–water partition coefficient (Wildman–Crippen LogP) is 4.36. The average molecular weight is 526 g/mol. The molecule has 0 bridgehead atoms. The summed E-state index contributed by atoms with van der Waals surface area (Å²) < 4.78 is 22.6. The molecule has 0 spiro atoms. The molecule has 2 heterocycles. The molecule has 0 aliphatic carbocycles. The molecule has 0 fully saturated rings. The number of alkyl carbamates (subject to hydrolysis) is 1. The minimum absolute atomic E-state index is 0.218. The van der Waals surface area contributed by atoms with Crippen LogP contribution in [0.2, 0.25) is 0 Å². The number of nitrogens with one attached hydrogen (secondary N) is 3. The van der Waals surface area contributed by atoms with E-state index in [1.54, 1.807) is 51.2 Å². The predicted molar refractivity (Wildman–Crippen MR) is 141 cm³/mol. The van der Waals surface area contributed by atoms with Crippen molar-refractivity contribution >= 4 is 44.4 Å². The normalized spacial score (nSPS) is 11.5. The topological polar surface area (TPSA) is 114 Å². The van der Waals surface area contributed by atoms with E-state index in [-0.39, 0.29) is 17.4 Å². The number of hydrogen-bond acceptors (Lipinski definition) is 6. The number of imidazole rings is 1. The highest BCUT2D eigenvalue weighted by molar-refractivity contribution is 7.23. The van der Waals surface area contributed by atoms with Crippen LogP contribution in [0.5, 0.6) is 0 Å². The minimum atomic E-state index is -0.558. The van der Waals surface area contributed by atoms with Gasteiger partial charge in [0.25, 0.3) is 11.8 Å². The lowest BCUT2D eigenvalue weighted by molar-refractivity contribution is 0.0527. The molecule has 0 saturated carbocycles. The molecule has 0 atom stereocenters. The van der Waals surface area contributed by atoms with Crippen molar-refractivity contribution in [2.75, 3.05) is 20.1 Å². The quantitative estimate of drug-likeness (QED) is 0.310. The first-order valence-corrected chi connectivity index (χ1v) is 12.6. The van der Waals surface area contributed by atoms with Crippen molar-refractivity contribution in [3.63, 3.8) is 0 Å². The van der Waals surface area contributed by atoms with Crippen molar-refractivity contribution in [1.82, 2.24) is 25.3 Å². The number of thiazole rings is 1. The Kier molecular flexibility index (Phi) is 7.44. The van der Waals surface area contributed by atoms with Crippen LogP contribution >= 0.6 is 11.3 Å². The molecule has 4 aromatic rings. The Morgan fingerprint density at radius 2 is 1.73 bits per heavy atom. The summed E-state index contributed by atoms with van der Waals surface area (Å²) in [4.78, 5) is 41.2. The molecule has 9 nitrogen and oxygen atoms in total. The monoisotopic (exact) mass is 525 g/mol. The van der Waals surface area contributed by atoms with Crippen LogP contribution in [0, 0.1) is 5.82 Å². The van der Waals surface area contributed by atoms with Crippen molar-refractivity contribution in [2.24, 2.45) is 0 Å². The van der Waals surface area contributed by atoms with Crippen molar-refractivity contribution in [2.45, 2.75) is 32.8 Å². The maximum Gasteiger partial charge on any atom is 0.407 e. The van der Waals surface area contributed by atoms with Gasteiger partial charge in [-0.2, -0.15) is 0 Å². The highest BCUT2D eigenvalue weighted by Crippen LogP contribution is 2.31. The van der Waals surface area contributed by atoms with Gasteiger partial charge in [-0.3, -0.25) is 14.0 Å². The van der Waals surface area contributed by atoms with Crippen molar-refractivity contribution < 1.29 is 23.5 Å². The largest absolute Gasteiger partial charge is 0.444 e. The highest BCUT2D eigenvalue weighted by atomic mass is 32.1. The van der Waals surface area contributed by atoms with Crippen molar-refractivity contribution in [3.05, 3.63) is 59.5 Å². The Morgan fingerprint density at radius 1 is 1.03 bits per heavy atom. The SMILES string of the molecule is CNC(=O)c1ccc(-c2cn3c(n2)sc2cc(C(=O)NCCCNC(=O)OC(C)(C)C)ccc23)c(F)c1. The fourth-order valence-corrected chi connectivity index (χ4v) is 4.72. The number of fused-ring (bicyclic) bond motifs is 3. The molecule has 3 N–H and O–H groups in total. The van der Waals surface area contributed by atoms with Crippen LogP contribution in [0.1, 0.15) is 47.9 Å². The third-order valence-electron chi connectivity index (χ3n) is 5.40. The number of benzene rings is 2. The second kappa shape index (κ2) is 10.6. The van der Waals surface area contributed by atoms with E-state index in [0.717, 1.165) is 10.2 Å². The van der Waals surface area contributed by atoms with Gasteiger partial charge in [0.1, 0.15) is 11.4 Å². The molecule has 2 aromatic carbocycles. The van der Waals surface area contributed by atoms with Gasteiger partial charge in [0.15, 0.2) is 4.96 Å². The Labute approximate surface area is 217 Å². The summed E-state index contributed by atoms with van der Waals surface area (Å²) in [5, 5.41) is 7.98. The van der Waals surface area contributed by atoms with E-state index in [1.165, 1.54) is 24.5 Å². The molecule has 2 aromatic heterocycles. The first kappa shape index (κ1) is 26.1. The zero-order chi connectivity index (χ0) is 26.7. The summed E-state index contributed by atoms with van der Waals surface area (Å²) in [6.07, 6.45) is 1.81.